The average Bonchev–Trinajstić information content (AvgIpc) is 2.08. The van der Waals surface area contributed by atoms with E-state index >= 15 is 0 Å². The maximum absolute atomic E-state index is 13.1. The summed E-state index contributed by atoms with van der Waals surface area (Å²) in [5.74, 6) is -0.496. The Morgan fingerprint density at radius 2 is 2.00 bits per heavy atom. The van der Waals surface area contributed by atoms with Crippen molar-refractivity contribution in [2.24, 2.45) is 17.8 Å². The largest absolute Gasteiger partial charge is 0.479 e. The molecule has 0 aromatic rings. The van der Waals surface area contributed by atoms with Gasteiger partial charge in [0.05, 0.1) is 0 Å². The van der Waals surface area contributed by atoms with Crippen LogP contribution in [0.15, 0.2) is 0 Å². The number of carboxylic acid groups (broad SMARTS) is 1. The van der Waals surface area contributed by atoms with Crippen molar-refractivity contribution in [1.29, 1.82) is 0 Å². The molecule has 1 aliphatic carbocycles. The number of carbonyl (C=O) groups is 1. The molecule has 4 atom stereocenters. The van der Waals surface area contributed by atoms with Crippen molar-refractivity contribution < 1.29 is 14.3 Å². The summed E-state index contributed by atoms with van der Waals surface area (Å²) >= 11 is 0. The Balaban J connectivity index is 2.50. The molecule has 4 unspecified atom stereocenters. The van der Waals surface area contributed by atoms with Crippen molar-refractivity contribution in [2.75, 3.05) is 0 Å². The molecule has 1 saturated carbocycles. The first-order valence-corrected chi connectivity index (χ1v) is 4.89. The molecule has 13 heavy (non-hydrogen) atoms. The predicted octanol–water partition coefficient (Wildman–Crippen LogP) is 2.48. The molecule has 76 valence electrons. The first-order valence-electron chi connectivity index (χ1n) is 4.89. The van der Waals surface area contributed by atoms with Crippen LogP contribution in [-0.4, -0.2) is 17.2 Å². The highest BCUT2D eigenvalue weighted by molar-refractivity contribution is 5.72. The number of rotatable bonds is 2. The molecule has 0 bridgehead atoms. The van der Waals surface area contributed by atoms with E-state index < -0.39 is 12.1 Å². The number of halogens is 1. The SMILES string of the molecule is CC1CCC(C(F)C(=O)O)CC1C. The first kappa shape index (κ1) is 10.5. The fourth-order valence-corrected chi connectivity index (χ4v) is 2.06. The number of aliphatic carboxylic acids is 1. The van der Waals surface area contributed by atoms with Crippen LogP contribution in [-0.2, 0) is 4.79 Å². The van der Waals surface area contributed by atoms with Gasteiger partial charge in [0.2, 0.25) is 0 Å². The van der Waals surface area contributed by atoms with Crippen LogP contribution in [0.2, 0.25) is 0 Å². The zero-order chi connectivity index (χ0) is 10.0. The summed E-state index contributed by atoms with van der Waals surface area (Å²) in [5.41, 5.74) is 0. The minimum absolute atomic E-state index is 0.260. The van der Waals surface area contributed by atoms with Crippen molar-refractivity contribution in [3.63, 3.8) is 0 Å². The molecule has 0 aromatic heterocycles. The Kier molecular flexibility index (Phi) is 3.28. The second-order valence-corrected chi connectivity index (χ2v) is 4.27. The van der Waals surface area contributed by atoms with Gasteiger partial charge >= 0.3 is 5.97 Å². The Morgan fingerprint density at radius 3 is 2.46 bits per heavy atom. The number of alkyl halides is 1. The summed E-state index contributed by atoms with van der Waals surface area (Å²) in [6.07, 6.45) is 0.739. The second kappa shape index (κ2) is 4.07. The highest BCUT2D eigenvalue weighted by atomic mass is 19.1. The van der Waals surface area contributed by atoms with E-state index in [-0.39, 0.29) is 5.92 Å². The summed E-state index contributed by atoms with van der Waals surface area (Å²) in [7, 11) is 0. The number of hydrogen-bond donors (Lipinski definition) is 1. The molecule has 1 aliphatic rings. The molecule has 0 radical (unpaired) electrons. The highest BCUT2D eigenvalue weighted by Crippen LogP contribution is 2.35. The van der Waals surface area contributed by atoms with Gasteiger partial charge in [-0.05, 0) is 24.7 Å². The van der Waals surface area contributed by atoms with Crippen LogP contribution >= 0.6 is 0 Å². The maximum atomic E-state index is 13.1. The zero-order valence-electron chi connectivity index (χ0n) is 8.16. The van der Waals surface area contributed by atoms with Crippen LogP contribution in [0.3, 0.4) is 0 Å². The summed E-state index contributed by atoms with van der Waals surface area (Å²) in [6.45, 7) is 4.22. The number of hydrogen-bond acceptors (Lipinski definition) is 1. The summed E-state index contributed by atoms with van der Waals surface area (Å²) < 4.78 is 13.1. The molecule has 1 N–H and O–H groups in total. The fourth-order valence-electron chi connectivity index (χ4n) is 2.06. The summed E-state index contributed by atoms with van der Waals surface area (Å²) in [4.78, 5) is 10.4. The lowest BCUT2D eigenvalue weighted by Gasteiger charge is -2.32. The molecule has 1 rings (SSSR count). The van der Waals surface area contributed by atoms with Crippen LogP contribution in [0, 0.1) is 17.8 Å². The standard InChI is InChI=1S/C10H17FO2/c1-6-3-4-8(5-7(6)2)9(11)10(12)13/h6-9H,3-5H2,1-2H3,(H,12,13). The molecule has 0 aromatic carbocycles. The van der Waals surface area contributed by atoms with E-state index in [1.54, 1.807) is 0 Å². The lowest BCUT2D eigenvalue weighted by atomic mass is 9.74. The van der Waals surface area contributed by atoms with E-state index in [4.69, 9.17) is 5.11 Å². The third-order valence-electron chi connectivity index (χ3n) is 3.29. The van der Waals surface area contributed by atoms with Crippen LogP contribution in [0.1, 0.15) is 33.1 Å². The van der Waals surface area contributed by atoms with Gasteiger partial charge in [0.15, 0.2) is 6.17 Å². The predicted molar refractivity (Wildman–Crippen MR) is 48.2 cm³/mol. The Morgan fingerprint density at radius 1 is 1.38 bits per heavy atom. The normalized spacial score (nSPS) is 37.0. The van der Waals surface area contributed by atoms with E-state index in [1.165, 1.54) is 0 Å². The van der Waals surface area contributed by atoms with Crippen LogP contribution in [0.25, 0.3) is 0 Å². The molecule has 0 spiro atoms. The van der Waals surface area contributed by atoms with E-state index in [9.17, 15) is 9.18 Å². The molecular weight excluding hydrogens is 171 g/mol. The van der Waals surface area contributed by atoms with Gasteiger partial charge in [-0.1, -0.05) is 20.3 Å². The minimum Gasteiger partial charge on any atom is -0.479 e. The average molecular weight is 188 g/mol. The third kappa shape index (κ3) is 2.42. The fraction of sp³-hybridized carbons (Fsp3) is 0.900. The van der Waals surface area contributed by atoms with E-state index in [2.05, 4.69) is 13.8 Å². The van der Waals surface area contributed by atoms with Crippen molar-refractivity contribution in [3.05, 3.63) is 0 Å². The molecule has 0 heterocycles. The van der Waals surface area contributed by atoms with E-state index in [1.807, 2.05) is 0 Å². The molecule has 0 amide bonds. The summed E-state index contributed by atoms with van der Waals surface area (Å²) in [6, 6.07) is 0. The van der Waals surface area contributed by atoms with Gasteiger partial charge in [-0.3, -0.25) is 0 Å². The Bertz CT molecular complexity index is 193. The Hall–Kier alpha value is -0.600. The Labute approximate surface area is 78.1 Å². The number of carboxylic acids is 1. The lowest BCUT2D eigenvalue weighted by molar-refractivity contribution is -0.145. The van der Waals surface area contributed by atoms with Crippen molar-refractivity contribution >= 4 is 5.97 Å². The van der Waals surface area contributed by atoms with Crippen molar-refractivity contribution in [2.45, 2.75) is 39.3 Å². The van der Waals surface area contributed by atoms with Crippen molar-refractivity contribution in [3.8, 4) is 0 Å². The van der Waals surface area contributed by atoms with Gasteiger partial charge in [0.25, 0.3) is 0 Å². The lowest BCUT2D eigenvalue weighted by Crippen LogP contribution is -2.31. The van der Waals surface area contributed by atoms with Crippen LogP contribution < -0.4 is 0 Å². The van der Waals surface area contributed by atoms with Gasteiger partial charge in [-0.25, -0.2) is 9.18 Å². The van der Waals surface area contributed by atoms with E-state index in [0.29, 0.717) is 18.3 Å². The van der Waals surface area contributed by atoms with E-state index in [0.717, 1.165) is 12.8 Å². The topological polar surface area (TPSA) is 37.3 Å². The maximum Gasteiger partial charge on any atom is 0.338 e. The van der Waals surface area contributed by atoms with Crippen LogP contribution in [0.5, 0.6) is 0 Å². The van der Waals surface area contributed by atoms with Gasteiger partial charge in [-0.2, -0.15) is 0 Å². The van der Waals surface area contributed by atoms with Gasteiger partial charge in [0.1, 0.15) is 0 Å². The smallest absolute Gasteiger partial charge is 0.338 e. The minimum atomic E-state index is -1.66. The monoisotopic (exact) mass is 188 g/mol. The van der Waals surface area contributed by atoms with Gasteiger partial charge in [-0.15, -0.1) is 0 Å². The zero-order valence-corrected chi connectivity index (χ0v) is 8.16. The quantitative estimate of drug-likeness (QED) is 0.722. The van der Waals surface area contributed by atoms with Crippen LogP contribution in [0.4, 0.5) is 4.39 Å². The van der Waals surface area contributed by atoms with Crippen molar-refractivity contribution in [1.82, 2.24) is 0 Å². The molecular formula is C10H17FO2. The molecule has 0 aliphatic heterocycles. The summed E-state index contributed by atoms with van der Waals surface area (Å²) in [5, 5.41) is 8.51. The van der Waals surface area contributed by atoms with Gasteiger partial charge < -0.3 is 5.11 Å². The van der Waals surface area contributed by atoms with Gasteiger partial charge in [0, 0.05) is 5.92 Å². The molecule has 3 heteroatoms. The molecule has 0 saturated heterocycles. The molecule has 1 fully saturated rings. The highest BCUT2D eigenvalue weighted by Gasteiger charge is 2.33. The third-order valence-corrected chi connectivity index (χ3v) is 3.29. The molecule has 2 nitrogen and oxygen atoms in total. The second-order valence-electron chi connectivity index (χ2n) is 4.27. The first-order chi connectivity index (χ1) is 6.02.